The molecule has 1 aromatic heterocycles. The van der Waals surface area contributed by atoms with Crippen molar-refractivity contribution in [3.05, 3.63) is 69.8 Å². The van der Waals surface area contributed by atoms with Crippen LogP contribution in [0.15, 0.2) is 48.7 Å². The summed E-state index contributed by atoms with van der Waals surface area (Å²) in [6.45, 7) is 0. The number of hydrogen-bond acceptors (Lipinski definition) is 3. The number of phenolic OH excluding ortho intramolecular Hbond substituents is 1. The van der Waals surface area contributed by atoms with Gasteiger partial charge in [0.05, 0.1) is 15.6 Å². The predicted molar refractivity (Wildman–Crippen MR) is 87.9 cm³/mol. The largest absolute Gasteiger partial charge is 0.505 e. The first-order valence-electron chi connectivity index (χ1n) is 6.59. The molecule has 1 heterocycles. The highest BCUT2D eigenvalue weighted by Crippen LogP contribution is 2.33. The van der Waals surface area contributed by atoms with Gasteiger partial charge in [-0.05, 0) is 29.8 Å². The summed E-state index contributed by atoms with van der Waals surface area (Å²) >= 11 is 11.7. The molecule has 0 radical (unpaired) electrons. The van der Waals surface area contributed by atoms with Crippen LogP contribution >= 0.6 is 23.2 Å². The molecule has 2 aromatic carbocycles. The Kier molecular flexibility index (Phi) is 4.01. The zero-order valence-corrected chi connectivity index (χ0v) is 12.9. The SMILES string of the molecule is O=C(Cc1cc(Cl)c(O)c(Cl)c1)c1cnc2ccccc2c1. The average Bonchev–Trinajstić information content (AvgIpc) is 2.52. The minimum Gasteiger partial charge on any atom is -0.505 e. The average molecular weight is 332 g/mol. The van der Waals surface area contributed by atoms with Gasteiger partial charge in [-0.25, -0.2) is 0 Å². The van der Waals surface area contributed by atoms with Crippen LogP contribution in [-0.2, 0) is 6.42 Å². The number of aromatic nitrogens is 1. The second-order valence-corrected chi connectivity index (χ2v) is 5.74. The van der Waals surface area contributed by atoms with Gasteiger partial charge >= 0.3 is 0 Å². The predicted octanol–water partition coefficient (Wildman–Crippen LogP) is 4.67. The third-order valence-corrected chi connectivity index (χ3v) is 3.93. The van der Waals surface area contributed by atoms with E-state index in [0.717, 1.165) is 10.9 Å². The molecule has 0 amide bonds. The number of ketones is 1. The van der Waals surface area contributed by atoms with Crippen molar-refractivity contribution in [1.82, 2.24) is 4.98 Å². The number of hydrogen-bond donors (Lipinski definition) is 1. The summed E-state index contributed by atoms with van der Waals surface area (Å²) in [5.41, 5.74) is 2.01. The van der Waals surface area contributed by atoms with Gasteiger partial charge in [0.2, 0.25) is 0 Å². The van der Waals surface area contributed by atoms with Gasteiger partial charge in [0.1, 0.15) is 0 Å². The zero-order valence-electron chi connectivity index (χ0n) is 11.4. The molecule has 0 aliphatic heterocycles. The van der Waals surface area contributed by atoms with Crippen LogP contribution in [0, 0.1) is 0 Å². The van der Waals surface area contributed by atoms with Crippen LogP contribution in [0.5, 0.6) is 5.75 Å². The summed E-state index contributed by atoms with van der Waals surface area (Å²) in [5, 5.41) is 10.7. The van der Waals surface area contributed by atoms with Gasteiger partial charge in [0.25, 0.3) is 0 Å². The first kappa shape index (κ1) is 14.8. The van der Waals surface area contributed by atoms with Crippen molar-refractivity contribution in [3.8, 4) is 5.75 Å². The van der Waals surface area contributed by atoms with E-state index >= 15 is 0 Å². The van der Waals surface area contributed by atoms with E-state index in [0.29, 0.717) is 11.1 Å². The summed E-state index contributed by atoms with van der Waals surface area (Å²) in [6.07, 6.45) is 1.70. The van der Waals surface area contributed by atoms with Crippen molar-refractivity contribution in [2.45, 2.75) is 6.42 Å². The first-order valence-corrected chi connectivity index (χ1v) is 7.35. The van der Waals surface area contributed by atoms with Crippen molar-refractivity contribution >= 4 is 39.9 Å². The Morgan fingerprint density at radius 2 is 1.77 bits per heavy atom. The molecule has 1 N–H and O–H groups in total. The quantitative estimate of drug-likeness (QED) is 0.709. The molecule has 0 spiro atoms. The molecular formula is C17H11Cl2NO2. The lowest BCUT2D eigenvalue weighted by atomic mass is 10.0. The third-order valence-electron chi connectivity index (χ3n) is 3.35. The van der Waals surface area contributed by atoms with Crippen LogP contribution in [0.2, 0.25) is 10.0 Å². The molecule has 0 saturated carbocycles. The van der Waals surface area contributed by atoms with Gasteiger partial charge in [-0.2, -0.15) is 0 Å². The maximum absolute atomic E-state index is 12.4. The molecular weight excluding hydrogens is 321 g/mol. The number of para-hydroxylation sites is 1. The minimum absolute atomic E-state index is 0.0870. The Morgan fingerprint density at radius 3 is 2.50 bits per heavy atom. The van der Waals surface area contributed by atoms with E-state index in [1.54, 1.807) is 6.20 Å². The Bertz CT molecular complexity index is 854. The summed E-state index contributed by atoms with van der Waals surface area (Å²) in [7, 11) is 0. The topological polar surface area (TPSA) is 50.2 Å². The van der Waals surface area contributed by atoms with Crippen LogP contribution in [0.3, 0.4) is 0 Å². The number of pyridine rings is 1. The summed E-state index contributed by atoms with van der Waals surface area (Å²) < 4.78 is 0. The maximum Gasteiger partial charge on any atom is 0.168 e. The normalized spacial score (nSPS) is 10.8. The lowest BCUT2D eigenvalue weighted by Gasteiger charge is -2.06. The number of aromatic hydroxyl groups is 1. The van der Waals surface area contributed by atoms with Crippen molar-refractivity contribution in [2.24, 2.45) is 0 Å². The highest BCUT2D eigenvalue weighted by Gasteiger charge is 2.12. The highest BCUT2D eigenvalue weighted by molar-refractivity contribution is 6.37. The third kappa shape index (κ3) is 2.91. The van der Waals surface area contributed by atoms with Gasteiger partial charge in [-0.3, -0.25) is 9.78 Å². The molecule has 0 aliphatic rings. The number of carbonyl (C=O) groups is 1. The molecule has 0 atom stereocenters. The Hall–Kier alpha value is -2.10. The van der Waals surface area contributed by atoms with E-state index < -0.39 is 0 Å². The molecule has 3 rings (SSSR count). The van der Waals surface area contributed by atoms with Crippen molar-refractivity contribution in [3.63, 3.8) is 0 Å². The molecule has 3 nitrogen and oxygen atoms in total. The number of benzene rings is 2. The van der Waals surface area contributed by atoms with E-state index in [9.17, 15) is 9.90 Å². The zero-order chi connectivity index (χ0) is 15.7. The molecule has 22 heavy (non-hydrogen) atoms. The van der Waals surface area contributed by atoms with Crippen molar-refractivity contribution < 1.29 is 9.90 Å². The lowest BCUT2D eigenvalue weighted by Crippen LogP contribution is -2.04. The summed E-state index contributed by atoms with van der Waals surface area (Å²) in [4.78, 5) is 16.7. The number of phenols is 1. The number of halogens is 2. The van der Waals surface area contributed by atoms with Crippen LogP contribution in [0.4, 0.5) is 0 Å². The fraction of sp³-hybridized carbons (Fsp3) is 0.0588. The van der Waals surface area contributed by atoms with Crippen molar-refractivity contribution in [2.75, 3.05) is 0 Å². The van der Waals surface area contributed by atoms with Gasteiger partial charge < -0.3 is 5.11 Å². The summed E-state index contributed by atoms with van der Waals surface area (Å²) in [6, 6.07) is 12.5. The van der Waals surface area contributed by atoms with Crippen molar-refractivity contribution in [1.29, 1.82) is 0 Å². The lowest BCUT2D eigenvalue weighted by molar-refractivity contribution is 0.0993. The van der Waals surface area contributed by atoms with Crippen LogP contribution in [0.1, 0.15) is 15.9 Å². The van der Waals surface area contributed by atoms with Gasteiger partial charge in [0.15, 0.2) is 11.5 Å². The fourth-order valence-corrected chi connectivity index (χ4v) is 2.76. The number of fused-ring (bicyclic) bond motifs is 1. The minimum atomic E-state index is -0.174. The Morgan fingerprint density at radius 1 is 1.09 bits per heavy atom. The first-order chi connectivity index (χ1) is 10.5. The molecule has 0 bridgehead atoms. The number of rotatable bonds is 3. The van der Waals surface area contributed by atoms with E-state index in [1.807, 2.05) is 30.3 Å². The molecule has 5 heteroatoms. The Labute approximate surface area is 137 Å². The number of carbonyl (C=O) groups excluding carboxylic acids is 1. The monoisotopic (exact) mass is 331 g/mol. The number of Topliss-reactive ketones (excluding diaryl/α,β-unsaturated/α-hetero) is 1. The maximum atomic E-state index is 12.4. The van der Waals surface area contributed by atoms with E-state index in [1.165, 1.54) is 12.1 Å². The molecule has 0 unspecified atom stereocenters. The summed E-state index contributed by atoms with van der Waals surface area (Å²) in [5.74, 6) is -0.261. The fourth-order valence-electron chi connectivity index (χ4n) is 2.23. The Balaban J connectivity index is 1.90. The van der Waals surface area contributed by atoms with Gasteiger partial charge in [0, 0.05) is 23.6 Å². The van der Waals surface area contributed by atoms with E-state index in [4.69, 9.17) is 23.2 Å². The smallest absolute Gasteiger partial charge is 0.168 e. The molecule has 0 saturated heterocycles. The van der Waals surface area contributed by atoms with Crippen LogP contribution in [-0.4, -0.2) is 15.9 Å². The molecule has 110 valence electrons. The number of nitrogens with zero attached hydrogens (tertiary/aromatic N) is 1. The highest BCUT2D eigenvalue weighted by atomic mass is 35.5. The second-order valence-electron chi connectivity index (χ2n) is 4.92. The van der Waals surface area contributed by atoms with E-state index in [2.05, 4.69) is 4.98 Å². The molecule has 0 aliphatic carbocycles. The van der Waals surface area contributed by atoms with Crippen LogP contribution < -0.4 is 0 Å². The van der Waals surface area contributed by atoms with Gasteiger partial charge in [-0.15, -0.1) is 0 Å². The standard InChI is InChI=1S/C17H11Cl2NO2/c18-13-5-10(6-14(19)17(13)22)7-16(21)12-8-11-3-1-2-4-15(11)20-9-12/h1-6,8-9,22H,7H2. The van der Waals surface area contributed by atoms with E-state index in [-0.39, 0.29) is 28.0 Å². The van der Waals surface area contributed by atoms with Crippen LogP contribution in [0.25, 0.3) is 10.9 Å². The van der Waals surface area contributed by atoms with Gasteiger partial charge in [-0.1, -0.05) is 41.4 Å². The molecule has 0 fully saturated rings. The second kappa shape index (κ2) is 5.95. The molecule has 3 aromatic rings.